The SMILES string of the molecule is O=C(c1ccccn1)N1CCC([C@@H]2CCCCN(CCc3ccccc3)C2=O)CC1. The fourth-order valence-electron chi connectivity index (χ4n) is 4.86. The first-order valence-electron chi connectivity index (χ1n) is 11.3. The highest BCUT2D eigenvalue weighted by Gasteiger charge is 2.36. The predicted octanol–water partition coefficient (Wildman–Crippen LogP) is 3.81. The molecule has 5 heteroatoms. The molecule has 2 aliphatic heterocycles. The molecule has 158 valence electrons. The van der Waals surface area contributed by atoms with E-state index in [4.69, 9.17) is 0 Å². The molecule has 1 aromatic carbocycles. The average Bonchev–Trinajstić information content (AvgIpc) is 3.00. The van der Waals surface area contributed by atoms with Gasteiger partial charge >= 0.3 is 0 Å². The summed E-state index contributed by atoms with van der Waals surface area (Å²) in [6.45, 7) is 3.11. The minimum atomic E-state index is 0.00531. The van der Waals surface area contributed by atoms with Crippen LogP contribution in [0, 0.1) is 11.8 Å². The van der Waals surface area contributed by atoms with E-state index in [9.17, 15) is 9.59 Å². The second-order valence-electron chi connectivity index (χ2n) is 8.51. The molecule has 1 atom stereocenters. The van der Waals surface area contributed by atoms with Crippen molar-refractivity contribution in [1.82, 2.24) is 14.8 Å². The van der Waals surface area contributed by atoms with Gasteiger partial charge in [-0.25, -0.2) is 0 Å². The van der Waals surface area contributed by atoms with Crippen molar-refractivity contribution in [2.24, 2.45) is 11.8 Å². The zero-order chi connectivity index (χ0) is 20.8. The van der Waals surface area contributed by atoms with E-state index in [2.05, 4.69) is 34.1 Å². The number of likely N-dealkylation sites (tertiary alicyclic amines) is 2. The minimum Gasteiger partial charge on any atom is -0.342 e. The van der Waals surface area contributed by atoms with E-state index < -0.39 is 0 Å². The number of carbonyl (C=O) groups excluding carboxylic acids is 2. The summed E-state index contributed by atoms with van der Waals surface area (Å²) in [5.74, 6) is 0.821. The molecular weight excluding hydrogens is 374 g/mol. The molecule has 2 aromatic rings. The first kappa shape index (κ1) is 20.6. The Balaban J connectivity index is 1.34. The van der Waals surface area contributed by atoms with Crippen LogP contribution in [0.15, 0.2) is 54.7 Å². The normalized spacial score (nSPS) is 20.8. The number of amides is 2. The number of piperidine rings is 1. The smallest absolute Gasteiger partial charge is 0.272 e. The van der Waals surface area contributed by atoms with Crippen LogP contribution >= 0.6 is 0 Å². The van der Waals surface area contributed by atoms with Crippen LogP contribution in [-0.4, -0.2) is 52.8 Å². The highest BCUT2D eigenvalue weighted by Crippen LogP contribution is 2.32. The quantitative estimate of drug-likeness (QED) is 0.760. The Bertz CT molecular complexity index is 832. The molecule has 0 radical (unpaired) electrons. The zero-order valence-electron chi connectivity index (χ0n) is 17.6. The molecule has 0 unspecified atom stereocenters. The van der Waals surface area contributed by atoms with Crippen molar-refractivity contribution >= 4 is 11.8 Å². The molecule has 0 spiro atoms. The van der Waals surface area contributed by atoms with E-state index in [0.29, 0.717) is 30.6 Å². The first-order chi connectivity index (χ1) is 14.7. The number of aromatic nitrogens is 1. The van der Waals surface area contributed by atoms with Gasteiger partial charge in [-0.1, -0.05) is 42.8 Å². The van der Waals surface area contributed by atoms with E-state index in [1.165, 1.54) is 5.56 Å². The molecule has 0 saturated carbocycles. The van der Waals surface area contributed by atoms with E-state index in [1.54, 1.807) is 12.3 Å². The lowest BCUT2D eigenvalue weighted by molar-refractivity contribution is -0.137. The van der Waals surface area contributed by atoms with Gasteiger partial charge in [0.1, 0.15) is 5.69 Å². The highest BCUT2D eigenvalue weighted by molar-refractivity contribution is 5.92. The predicted molar refractivity (Wildman–Crippen MR) is 117 cm³/mol. The molecule has 2 amide bonds. The van der Waals surface area contributed by atoms with Gasteiger partial charge in [0.2, 0.25) is 5.91 Å². The van der Waals surface area contributed by atoms with Gasteiger partial charge in [-0.3, -0.25) is 14.6 Å². The maximum absolute atomic E-state index is 13.3. The summed E-state index contributed by atoms with van der Waals surface area (Å²) in [6, 6.07) is 15.9. The Morgan fingerprint density at radius 3 is 2.43 bits per heavy atom. The Kier molecular flexibility index (Phi) is 6.77. The topological polar surface area (TPSA) is 53.5 Å². The molecule has 0 N–H and O–H groups in total. The third-order valence-electron chi connectivity index (χ3n) is 6.62. The molecule has 2 saturated heterocycles. The lowest BCUT2D eigenvalue weighted by Gasteiger charge is -2.36. The van der Waals surface area contributed by atoms with Crippen LogP contribution in [-0.2, 0) is 11.2 Å². The van der Waals surface area contributed by atoms with E-state index >= 15 is 0 Å². The third-order valence-corrected chi connectivity index (χ3v) is 6.62. The van der Waals surface area contributed by atoms with Crippen molar-refractivity contribution in [3.05, 3.63) is 66.0 Å². The maximum Gasteiger partial charge on any atom is 0.272 e. The monoisotopic (exact) mass is 405 g/mol. The molecule has 30 heavy (non-hydrogen) atoms. The largest absolute Gasteiger partial charge is 0.342 e. The van der Waals surface area contributed by atoms with Gasteiger partial charge in [0.05, 0.1) is 0 Å². The van der Waals surface area contributed by atoms with Crippen LogP contribution in [0.4, 0.5) is 0 Å². The fourth-order valence-corrected chi connectivity index (χ4v) is 4.86. The summed E-state index contributed by atoms with van der Waals surface area (Å²) >= 11 is 0. The molecule has 5 nitrogen and oxygen atoms in total. The first-order valence-corrected chi connectivity index (χ1v) is 11.3. The summed E-state index contributed by atoms with van der Waals surface area (Å²) in [6.07, 6.45) is 7.58. The molecule has 2 aliphatic rings. The van der Waals surface area contributed by atoms with Gasteiger partial charge in [0, 0.05) is 38.3 Å². The number of benzene rings is 1. The van der Waals surface area contributed by atoms with Gasteiger partial charge in [-0.2, -0.15) is 0 Å². The Morgan fingerprint density at radius 1 is 0.933 bits per heavy atom. The molecule has 3 heterocycles. The highest BCUT2D eigenvalue weighted by atomic mass is 16.2. The van der Waals surface area contributed by atoms with E-state index in [0.717, 1.165) is 51.6 Å². The third kappa shape index (κ3) is 4.89. The molecular formula is C25H31N3O2. The average molecular weight is 406 g/mol. The van der Waals surface area contributed by atoms with E-state index in [-0.39, 0.29) is 11.8 Å². The van der Waals surface area contributed by atoms with Crippen LogP contribution in [0.2, 0.25) is 0 Å². The van der Waals surface area contributed by atoms with Gasteiger partial charge in [-0.15, -0.1) is 0 Å². The number of hydrogen-bond donors (Lipinski definition) is 0. The van der Waals surface area contributed by atoms with Gasteiger partial charge in [0.15, 0.2) is 0 Å². The second kappa shape index (κ2) is 9.88. The van der Waals surface area contributed by atoms with Crippen LogP contribution < -0.4 is 0 Å². The minimum absolute atomic E-state index is 0.00531. The lowest BCUT2D eigenvalue weighted by atomic mass is 9.81. The van der Waals surface area contributed by atoms with Crippen molar-refractivity contribution in [1.29, 1.82) is 0 Å². The van der Waals surface area contributed by atoms with Crippen molar-refractivity contribution in [3.8, 4) is 0 Å². The summed E-state index contributed by atoms with van der Waals surface area (Å²) in [5, 5.41) is 0. The number of carbonyl (C=O) groups is 2. The molecule has 0 bridgehead atoms. The molecule has 4 rings (SSSR count). The Labute approximate surface area is 179 Å². The number of hydrogen-bond acceptors (Lipinski definition) is 3. The van der Waals surface area contributed by atoms with Crippen LogP contribution in [0.25, 0.3) is 0 Å². The molecule has 1 aromatic heterocycles. The Morgan fingerprint density at radius 2 is 1.70 bits per heavy atom. The fraction of sp³-hybridized carbons (Fsp3) is 0.480. The summed E-state index contributed by atoms with van der Waals surface area (Å²) in [7, 11) is 0. The van der Waals surface area contributed by atoms with Crippen LogP contribution in [0.1, 0.15) is 48.2 Å². The van der Waals surface area contributed by atoms with Crippen LogP contribution in [0.3, 0.4) is 0 Å². The van der Waals surface area contributed by atoms with Crippen molar-refractivity contribution in [2.75, 3.05) is 26.2 Å². The molecule has 2 fully saturated rings. The van der Waals surface area contributed by atoms with Crippen molar-refractivity contribution in [2.45, 2.75) is 38.5 Å². The van der Waals surface area contributed by atoms with Gasteiger partial charge < -0.3 is 9.80 Å². The maximum atomic E-state index is 13.3. The number of pyridine rings is 1. The lowest BCUT2D eigenvalue weighted by Crippen LogP contribution is -2.44. The number of nitrogens with zero attached hydrogens (tertiary/aromatic N) is 3. The van der Waals surface area contributed by atoms with Gasteiger partial charge in [0.25, 0.3) is 5.91 Å². The second-order valence-corrected chi connectivity index (χ2v) is 8.51. The van der Waals surface area contributed by atoms with Crippen molar-refractivity contribution in [3.63, 3.8) is 0 Å². The molecule has 0 aliphatic carbocycles. The summed E-state index contributed by atoms with van der Waals surface area (Å²) in [4.78, 5) is 34.2. The number of rotatable bonds is 5. The van der Waals surface area contributed by atoms with E-state index in [1.807, 2.05) is 23.1 Å². The summed E-state index contributed by atoms with van der Waals surface area (Å²) in [5.41, 5.74) is 1.79. The zero-order valence-corrected chi connectivity index (χ0v) is 17.6. The van der Waals surface area contributed by atoms with Crippen LogP contribution in [0.5, 0.6) is 0 Å². The van der Waals surface area contributed by atoms with Crippen molar-refractivity contribution < 1.29 is 9.59 Å². The van der Waals surface area contributed by atoms with Gasteiger partial charge in [-0.05, 0) is 55.7 Å². The Hall–Kier alpha value is -2.69. The standard InChI is InChI=1S/C25H31N3O2/c29-24-22(10-5-7-16-27(24)17-12-20-8-2-1-3-9-20)21-13-18-28(19-14-21)25(30)23-11-4-6-15-26-23/h1-4,6,8-9,11,15,21-22H,5,7,10,12-14,16-19H2/t22-/m0/s1. The summed E-state index contributed by atoms with van der Waals surface area (Å²) < 4.78 is 0.